The van der Waals surface area contributed by atoms with E-state index in [4.69, 9.17) is 4.74 Å². The molecule has 1 amide bonds. The monoisotopic (exact) mass is 366 g/mol. The van der Waals surface area contributed by atoms with E-state index in [0.717, 1.165) is 16.9 Å². The first-order valence-corrected chi connectivity index (χ1v) is 9.02. The molecule has 3 aromatic rings. The molecular weight excluding hydrogens is 344 g/mol. The summed E-state index contributed by atoms with van der Waals surface area (Å²) in [7, 11) is 0. The molecule has 1 aliphatic rings. The van der Waals surface area contributed by atoms with Crippen molar-refractivity contribution in [3.63, 3.8) is 0 Å². The molecule has 0 bridgehead atoms. The van der Waals surface area contributed by atoms with Gasteiger partial charge in [-0.3, -0.25) is 9.89 Å². The Morgan fingerprint density at radius 1 is 1.37 bits per heavy atom. The van der Waals surface area contributed by atoms with Crippen molar-refractivity contribution in [2.75, 3.05) is 6.61 Å². The molecule has 0 unspecified atom stereocenters. The molecule has 2 N–H and O–H groups in total. The largest absolute Gasteiger partial charge is 0.371 e. The number of amides is 1. The van der Waals surface area contributed by atoms with E-state index in [0.29, 0.717) is 18.9 Å². The molecule has 1 fully saturated rings. The van der Waals surface area contributed by atoms with Crippen LogP contribution >= 0.6 is 0 Å². The van der Waals surface area contributed by atoms with E-state index in [2.05, 4.69) is 25.6 Å². The van der Waals surface area contributed by atoms with Crippen LogP contribution in [0.3, 0.4) is 0 Å². The van der Waals surface area contributed by atoms with Gasteiger partial charge in [-0.1, -0.05) is 18.2 Å². The molecular formula is C19H22N6O2. The zero-order chi connectivity index (χ0) is 18.8. The van der Waals surface area contributed by atoms with Crippen molar-refractivity contribution in [2.45, 2.75) is 32.4 Å². The van der Waals surface area contributed by atoms with E-state index in [1.54, 1.807) is 6.20 Å². The summed E-state index contributed by atoms with van der Waals surface area (Å²) in [6.45, 7) is 4.46. The molecule has 0 spiro atoms. The predicted molar refractivity (Wildman–Crippen MR) is 98.0 cm³/mol. The van der Waals surface area contributed by atoms with Crippen molar-refractivity contribution in [1.29, 1.82) is 0 Å². The fourth-order valence-electron chi connectivity index (χ4n) is 3.49. The number of carbonyl (C=O) groups excluding carboxylic acids is 1. The van der Waals surface area contributed by atoms with Crippen LogP contribution in [0.1, 0.15) is 42.6 Å². The van der Waals surface area contributed by atoms with Crippen LogP contribution in [0.15, 0.2) is 42.9 Å². The maximum absolute atomic E-state index is 12.9. The minimum absolute atomic E-state index is 0.0565. The Morgan fingerprint density at radius 2 is 2.22 bits per heavy atom. The molecule has 1 aliphatic heterocycles. The number of aromatic nitrogens is 5. The maximum atomic E-state index is 12.9. The molecule has 140 valence electrons. The van der Waals surface area contributed by atoms with Gasteiger partial charge in [0, 0.05) is 12.8 Å². The van der Waals surface area contributed by atoms with Gasteiger partial charge in [-0.15, -0.1) is 0 Å². The van der Waals surface area contributed by atoms with Crippen LogP contribution in [0.25, 0.3) is 5.69 Å². The molecule has 8 heteroatoms. The van der Waals surface area contributed by atoms with E-state index in [-0.39, 0.29) is 24.0 Å². The number of benzene rings is 1. The summed E-state index contributed by atoms with van der Waals surface area (Å²) in [5.41, 5.74) is 2.98. The molecule has 2 aromatic heterocycles. The number of ether oxygens (including phenoxy) is 1. The molecule has 3 atom stereocenters. The summed E-state index contributed by atoms with van der Waals surface area (Å²) < 4.78 is 7.81. The third-order valence-corrected chi connectivity index (χ3v) is 4.94. The SMILES string of the molecule is Cc1ccccc1-n1nccc1[C@H]1OCC[C@@H]1C(=O)N[C@H](C)c1ncn[nH]1. The molecule has 1 saturated heterocycles. The number of aromatic amines is 1. The fourth-order valence-corrected chi connectivity index (χ4v) is 3.49. The Hall–Kier alpha value is -3.00. The van der Waals surface area contributed by atoms with Crippen LogP contribution in [-0.4, -0.2) is 37.5 Å². The summed E-state index contributed by atoms with van der Waals surface area (Å²) in [6.07, 6.45) is 3.50. The first-order valence-electron chi connectivity index (χ1n) is 9.02. The summed E-state index contributed by atoms with van der Waals surface area (Å²) >= 11 is 0. The minimum Gasteiger partial charge on any atom is -0.371 e. The lowest BCUT2D eigenvalue weighted by molar-refractivity contribution is -0.127. The molecule has 0 radical (unpaired) electrons. The lowest BCUT2D eigenvalue weighted by atomic mass is 9.97. The lowest BCUT2D eigenvalue weighted by Crippen LogP contribution is -2.35. The number of aryl methyl sites for hydroxylation is 1. The Kier molecular flexibility index (Phi) is 4.72. The number of H-pyrrole nitrogens is 1. The number of rotatable bonds is 5. The quantitative estimate of drug-likeness (QED) is 0.722. The molecule has 1 aromatic carbocycles. The van der Waals surface area contributed by atoms with Gasteiger partial charge in [0.05, 0.1) is 23.3 Å². The smallest absolute Gasteiger partial charge is 0.226 e. The highest BCUT2D eigenvalue weighted by Crippen LogP contribution is 2.36. The van der Waals surface area contributed by atoms with Crippen molar-refractivity contribution < 1.29 is 9.53 Å². The highest BCUT2D eigenvalue weighted by Gasteiger charge is 2.38. The Labute approximate surface area is 157 Å². The fraction of sp³-hybridized carbons (Fsp3) is 0.368. The van der Waals surface area contributed by atoms with Crippen LogP contribution in [0.4, 0.5) is 0 Å². The van der Waals surface area contributed by atoms with Crippen molar-refractivity contribution in [3.8, 4) is 5.69 Å². The van der Waals surface area contributed by atoms with Crippen LogP contribution in [0.5, 0.6) is 0 Å². The Morgan fingerprint density at radius 3 is 3.00 bits per heavy atom. The lowest BCUT2D eigenvalue weighted by Gasteiger charge is -2.21. The molecule has 0 aliphatic carbocycles. The second-order valence-corrected chi connectivity index (χ2v) is 6.74. The van der Waals surface area contributed by atoms with Gasteiger partial charge in [0.15, 0.2) is 0 Å². The van der Waals surface area contributed by atoms with Crippen molar-refractivity contribution in [3.05, 3.63) is 59.9 Å². The average molecular weight is 366 g/mol. The zero-order valence-electron chi connectivity index (χ0n) is 15.3. The normalized spacial score (nSPS) is 20.5. The molecule has 8 nitrogen and oxygen atoms in total. The summed E-state index contributed by atoms with van der Waals surface area (Å²) in [5, 5.41) is 14.1. The van der Waals surface area contributed by atoms with Gasteiger partial charge in [0.1, 0.15) is 18.3 Å². The maximum Gasteiger partial charge on any atom is 0.226 e. The number of nitrogens with zero attached hydrogens (tertiary/aromatic N) is 4. The van der Waals surface area contributed by atoms with Gasteiger partial charge in [-0.2, -0.15) is 10.2 Å². The van der Waals surface area contributed by atoms with E-state index >= 15 is 0 Å². The third kappa shape index (κ3) is 3.35. The number of nitrogens with one attached hydrogen (secondary N) is 2. The van der Waals surface area contributed by atoms with Crippen LogP contribution in [0.2, 0.25) is 0 Å². The highest BCUT2D eigenvalue weighted by molar-refractivity contribution is 5.80. The number of hydrogen-bond acceptors (Lipinski definition) is 5. The van der Waals surface area contributed by atoms with Crippen LogP contribution in [-0.2, 0) is 9.53 Å². The van der Waals surface area contributed by atoms with E-state index in [1.807, 2.05) is 48.9 Å². The standard InChI is InChI=1S/C19H22N6O2/c1-12-5-3-4-6-15(12)25-16(7-9-22-25)17-14(8-10-27-17)19(26)23-13(2)18-20-11-21-24-18/h3-7,9,11,13-14,17H,8,10H2,1-2H3,(H,23,26)(H,20,21,24)/t13-,14+,17+/m1/s1. The van der Waals surface area contributed by atoms with E-state index in [9.17, 15) is 4.79 Å². The van der Waals surface area contributed by atoms with E-state index < -0.39 is 0 Å². The topological polar surface area (TPSA) is 97.7 Å². The highest BCUT2D eigenvalue weighted by atomic mass is 16.5. The predicted octanol–water partition coefficient (Wildman–Crippen LogP) is 2.25. The minimum atomic E-state index is -0.339. The van der Waals surface area contributed by atoms with Gasteiger partial charge in [-0.25, -0.2) is 9.67 Å². The van der Waals surface area contributed by atoms with Gasteiger partial charge >= 0.3 is 0 Å². The first kappa shape index (κ1) is 17.4. The molecule has 0 saturated carbocycles. The van der Waals surface area contributed by atoms with Gasteiger partial charge in [-0.05, 0) is 38.0 Å². The van der Waals surface area contributed by atoms with Gasteiger partial charge < -0.3 is 10.1 Å². The second-order valence-electron chi connectivity index (χ2n) is 6.74. The van der Waals surface area contributed by atoms with Crippen molar-refractivity contribution >= 4 is 5.91 Å². The van der Waals surface area contributed by atoms with Crippen LogP contribution < -0.4 is 5.32 Å². The zero-order valence-corrected chi connectivity index (χ0v) is 15.3. The summed E-state index contributed by atoms with van der Waals surface area (Å²) in [5.74, 6) is 0.289. The van der Waals surface area contributed by atoms with Gasteiger partial charge in [0.25, 0.3) is 0 Å². The Balaban J connectivity index is 1.57. The molecule has 27 heavy (non-hydrogen) atoms. The average Bonchev–Trinajstić information content (AvgIpc) is 3.41. The van der Waals surface area contributed by atoms with Crippen LogP contribution in [0, 0.1) is 12.8 Å². The second kappa shape index (κ2) is 7.32. The van der Waals surface area contributed by atoms with E-state index in [1.165, 1.54) is 6.33 Å². The molecule has 4 rings (SSSR count). The number of para-hydroxylation sites is 1. The number of hydrogen-bond donors (Lipinski definition) is 2. The molecule has 3 heterocycles. The van der Waals surface area contributed by atoms with Crippen molar-refractivity contribution in [1.82, 2.24) is 30.3 Å². The summed E-state index contributed by atoms with van der Waals surface area (Å²) in [6, 6.07) is 9.70. The van der Waals surface area contributed by atoms with Crippen molar-refractivity contribution in [2.24, 2.45) is 5.92 Å². The first-order chi connectivity index (χ1) is 13.1. The van der Waals surface area contributed by atoms with Gasteiger partial charge in [0.2, 0.25) is 5.91 Å². The summed E-state index contributed by atoms with van der Waals surface area (Å²) in [4.78, 5) is 17.0. The number of carbonyl (C=O) groups is 1. The Bertz CT molecular complexity index is 920. The third-order valence-electron chi connectivity index (χ3n) is 4.94.